The summed E-state index contributed by atoms with van der Waals surface area (Å²) in [5.41, 5.74) is 0.968. The molecule has 2 amide bonds. The highest BCUT2D eigenvalue weighted by Crippen LogP contribution is 2.47. The van der Waals surface area contributed by atoms with Crippen molar-refractivity contribution in [3.8, 4) is 6.07 Å². The van der Waals surface area contributed by atoms with Crippen molar-refractivity contribution in [3.05, 3.63) is 48.6 Å². The van der Waals surface area contributed by atoms with Gasteiger partial charge in [0, 0.05) is 58.8 Å². The number of carbonyl (C=O) groups is 2. The van der Waals surface area contributed by atoms with Crippen molar-refractivity contribution in [3.63, 3.8) is 0 Å². The van der Waals surface area contributed by atoms with Gasteiger partial charge in [-0.25, -0.2) is 5.01 Å². The molecule has 0 aromatic heterocycles. The lowest BCUT2D eigenvalue weighted by Gasteiger charge is -2.45. The molecule has 138 valence electrons. The first-order valence-electron chi connectivity index (χ1n) is 8.67. The van der Waals surface area contributed by atoms with Crippen LogP contribution in [0.4, 0.5) is 11.4 Å². The van der Waals surface area contributed by atoms with Crippen molar-refractivity contribution in [1.82, 2.24) is 14.9 Å². The first-order chi connectivity index (χ1) is 12.9. The maximum Gasteiger partial charge on any atom is 0.250 e. The molecule has 3 heterocycles. The van der Waals surface area contributed by atoms with E-state index in [1.54, 1.807) is 30.5 Å². The monoisotopic (exact) mass is 364 g/mol. The van der Waals surface area contributed by atoms with E-state index in [2.05, 4.69) is 6.07 Å². The molecule has 1 fully saturated rings. The highest BCUT2D eigenvalue weighted by Gasteiger charge is 2.52. The average Bonchev–Trinajstić information content (AvgIpc) is 2.87. The Balaban J connectivity index is 2.08. The van der Waals surface area contributed by atoms with Crippen molar-refractivity contribution in [1.29, 1.82) is 5.26 Å². The number of hydrogen-bond acceptors (Lipinski definition) is 7. The number of nitrogens with zero attached hydrogens (tertiary/aromatic N) is 6. The Kier molecular flexibility index (Phi) is 3.63. The molecule has 8 heteroatoms. The van der Waals surface area contributed by atoms with E-state index < -0.39 is 5.66 Å². The zero-order valence-electron chi connectivity index (χ0n) is 15.5. The van der Waals surface area contributed by atoms with E-state index in [1.165, 1.54) is 5.01 Å². The van der Waals surface area contributed by atoms with Gasteiger partial charge in [-0.2, -0.15) is 10.3 Å². The number of carbonyl (C=O) groups excluding carboxylic acids is 2. The molecule has 1 aromatic carbocycles. The van der Waals surface area contributed by atoms with Crippen LogP contribution in [0.1, 0.15) is 18.4 Å². The van der Waals surface area contributed by atoms with E-state index in [-0.39, 0.29) is 24.7 Å². The summed E-state index contributed by atoms with van der Waals surface area (Å²) in [5, 5.41) is 13.0. The van der Waals surface area contributed by atoms with E-state index >= 15 is 0 Å². The predicted octanol–water partition coefficient (Wildman–Crippen LogP) is 1.50. The van der Waals surface area contributed by atoms with Gasteiger partial charge in [-0.3, -0.25) is 9.59 Å². The third-order valence-electron chi connectivity index (χ3n) is 5.31. The normalized spacial score (nSPS) is 24.1. The summed E-state index contributed by atoms with van der Waals surface area (Å²) in [7, 11) is 5.56. The Hall–Kier alpha value is -3.47. The molecule has 0 bridgehead atoms. The topological polar surface area (TPSA) is 74.1 Å². The molecule has 4 rings (SSSR count). The van der Waals surface area contributed by atoms with Gasteiger partial charge in [-0.05, 0) is 12.1 Å². The molecule has 0 aliphatic carbocycles. The number of anilines is 2. The first kappa shape index (κ1) is 17.0. The summed E-state index contributed by atoms with van der Waals surface area (Å²) in [5.74, 6) is -0.615. The Morgan fingerprint density at radius 2 is 1.48 bits per heavy atom. The lowest BCUT2D eigenvalue weighted by Crippen LogP contribution is -2.59. The zero-order chi connectivity index (χ0) is 19.3. The minimum Gasteiger partial charge on any atom is -0.349 e. The predicted molar refractivity (Wildman–Crippen MR) is 99.5 cm³/mol. The van der Waals surface area contributed by atoms with Gasteiger partial charge in [-0.1, -0.05) is 6.07 Å². The van der Waals surface area contributed by atoms with Gasteiger partial charge in [0.25, 0.3) is 5.66 Å². The van der Waals surface area contributed by atoms with Gasteiger partial charge >= 0.3 is 0 Å². The summed E-state index contributed by atoms with van der Waals surface area (Å²) in [6.07, 6.45) is 7.33. The fourth-order valence-corrected chi connectivity index (χ4v) is 3.87. The van der Waals surface area contributed by atoms with Gasteiger partial charge < -0.3 is 14.7 Å². The minimum atomic E-state index is -1.40. The van der Waals surface area contributed by atoms with Crippen LogP contribution in [0, 0.1) is 11.3 Å². The fourth-order valence-electron chi connectivity index (χ4n) is 3.87. The smallest absolute Gasteiger partial charge is 0.250 e. The van der Waals surface area contributed by atoms with E-state index in [0.717, 1.165) is 16.4 Å². The molecule has 1 atom stereocenters. The number of nitriles is 1. The first-order valence-corrected chi connectivity index (χ1v) is 8.67. The summed E-state index contributed by atoms with van der Waals surface area (Å²) in [6.45, 7) is 0. The highest BCUT2D eigenvalue weighted by atomic mass is 16.2. The Bertz CT molecular complexity index is 902. The molecular weight excluding hydrogens is 344 g/mol. The number of rotatable bonds is 1. The van der Waals surface area contributed by atoms with Crippen LogP contribution in [0.15, 0.2) is 43.0 Å². The minimum absolute atomic E-state index is 0.147. The Morgan fingerprint density at radius 3 is 2.04 bits per heavy atom. The second kappa shape index (κ2) is 5.77. The molecule has 1 saturated heterocycles. The second-order valence-electron chi connectivity index (χ2n) is 6.83. The largest absolute Gasteiger partial charge is 0.349 e. The van der Waals surface area contributed by atoms with Crippen LogP contribution in [-0.4, -0.2) is 47.9 Å². The second-order valence-corrected chi connectivity index (χ2v) is 6.83. The van der Waals surface area contributed by atoms with Gasteiger partial charge in [0.15, 0.2) is 0 Å². The third-order valence-corrected chi connectivity index (χ3v) is 5.31. The van der Waals surface area contributed by atoms with E-state index in [1.807, 2.05) is 48.3 Å². The maximum absolute atomic E-state index is 12.5. The van der Waals surface area contributed by atoms with Gasteiger partial charge in [-0.15, -0.1) is 0 Å². The number of hydrazine groups is 1. The summed E-state index contributed by atoms with van der Waals surface area (Å²) < 4.78 is 0. The van der Waals surface area contributed by atoms with Crippen molar-refractivity contribution >= 4 is 23.2 Å². The lowest BCUT2D eigenvalue weighted by atomic mass is 9.94. The number of imide groups is 1. The van der Waals surface area contributed by atoms with Crippen LogP contribution < -0.4 is 9.80 Å². The van der Waals surface area contributed by atoms with Gasteiger partial charge in [0.05, 0.1) is 16.9 Å². The van der Waals surface area contributed by atoms with Crippen molar-refractivity contribution in [2.45, 2.75) is 18.5 Å². The zero-order valence-corrected chi connectivity index (χ0v) is 15.5. The van der Waals surface area contributed by atoms with Crippen LogP contribution in [0.5, 0.6) is 0 Å². The summed E-state index contributed by atoms with van der Waals surface area (Å²) >= 11 is 0. The molecule has 3 aliphatic rings. The number of amides is 2. The summed E-state index contributed by atoms with van der Waals surface area (Å²) in [4.78, 5) is 30.6. The van der Waals surface area contributed by atoms with Crippen LogP contribution in [0.3, 0.4) is 0 Å². The van der Waals surface area contributed by atoms with Crippen LogP contribution >= 0.6 is 0 Å². The molecule has 27 heavy (non-hydrogen) atoms. The van der Waals surface area contributed by atoms with Crippen LogP contribution in [-0.2, 0) is 15.3 Å². The third kappa shape index (κ3) is 2.15. The van der Waals surface area contributed by atoms with E-state index in [4.69, 9.17) is 0 Å². The van der Waals surface area contributed by atoms with Gasteiger partial charge in [0.1, 0.15) is 6.07 Å². The average molecular weight is 364 g/mol. The van der Waals surface area contributed by atoms with Crippen molar-refractivity contribution in [2.24, 2.45) is 0 Å². The summed E-state index contributed by atoms with van der Waals surface area (Å²) in [6, 6.07) is 8.19. The molecular formula is C19H20N6O2. The maximum atomic E-state index is 12.5. The van der Waals surface area contributed by atoms with Crippen molar-refractivity contribution in [2.75, 3.05) is 30.9 Å². The molecule has 1 unspecified atom stereocenters. The molecule has 0 N–H and O–H groups in total. The van der Waals surface area contributed by atoms with Gasteiger partial charge in [0.2, 0.25) is 11.8 Å². The molecule has 0 radical (unpaired) electrons. The molecule has 0 spiro atoms. The van der Waals surface area contributed by atoms with E-state index in [9.17, 15) is 14.9 Å². The fraction of sp³-hybridized carbons (Fsp3) is 0.316. The van der Waals surface area contributed by atoms with Crippen LogP contribution in [0.25, 0.3) is 0 Å². The molecule has 0 saturated carbocycles. The lowest BCUT2D eigenvalue weighted by molar-refractivity contribution is -0.166. The van der Waals surface area contributed by atoms with Crippen molar-refractivity contribution < 1.29 is 9.59 Å². The SMILES string of the molecule is CN1C=CN(C)C2(C#N)c3c1cccc3N(C)C=CN2N1C(=O)CCC1=O. The standard InChI is InChI=1S/C19H20N6O2/c1-21-9-11-23(3)19(13-20)18-14(21)5-4-6-15(18)22(2)10-12-24(19)25-16(26)7-8-17(25)27/h4-6,9-12H,7-8H2,1-3H3. The van der Waals surface area contributed by atoms with E-state index in [0.29, 0.717) is 5.56 Å². The number of hydrogen-bond donors (Lipinski definition) is 0. The quantitative estimate of drug-likeness (QED) is 0.699. The Morgan fingerprint density at radius 1 is 0.926 bits per heavy atom. The molecule has 3 aliphatic heterocycles. The van der Waals surface area contributed by atoms with Crippen LogP contribution in [0.2, 0.25) is 0 Å². The Labute approximate surface area is 157 Å². The molecule has 8 nitrogen and oxygen atoms in total. The highest BCUT2D eigenvalue weighted by molar-refractivity contribution is 6.01. The number of benzene rings is 1. The molecule has 1 aromatic rings.